The molecule has 6 rings (SSSR count). The molecule has 0 saturated carbocycles. The Morgan fingerprint density at radius 3 is 2.47 bits per heavy atom. The first-order valence-corrected chi connectivity index (χ1v) is 11.6. The van der Waals surface area contributed by atoms with E-state index in [0.717, 1.165) is 23.6 Å². The van der Waals surface area contributed by atoms with Crippen LogP contribution in [-0.2, 0) is 10.9 Å². The second-order valence-corrected chi connectivity index (χ2v) is 9.18. The number of benzene rings is 2. The van der Waals surface area contributed by atoms with Gasteiger partial charge in [0, 0.05) is 43.4 Å². The predicted molar refractivity (Wildman–Crippen MR) is 129 cm³/mol. The van der Waals surface area contributed by atoms with Crippen molar-refractivity contribution in [3.63, 3.8) is 0 Å². The minimum Gasteiger partial charge on any atom is -0.440 e. The van der Waals surface area contributed by atoms with Crippen molar-refractivity contribution in [1.29, 1.82) is 0 Å². The topological polar surface area (TPSA) is 74.3 Å². The molecule has 4 heterocycles. The van der Waals surface area contributed by atoms with Gasteiger partial charge in [0.25, 0.3) is 0 Å². The van der Waals surface area contributed by atoms with Gasteiger partial charge in [-0.05, 0) is 42.5 Å². The van der Waals surface area contributed by atoms with Crippen molar-refractivity contribution in [3.05, 3.63) is 72.4 Å². The van der Waals surface area contributed by atoms with Crippen LogP contribution in [0.1, 0.15) is 18.4 Å². The Hall–Kier alpha value is -4.08. The van der Waals surface area contributed by atoms with Crippen LogP contribution in [0.4, 0.5) is 29.5 Å². The minimum atomic E-state index is -4.41. The van der Waals surface area contributed by atoms with Gasteiger partial charge in [-0.15, -0.1) is 0 Å². The third kappa shape index (κ3) is 4.02. The number of piperidine rings is 1. The maximum Gasteiger partial charge on any atom is 0.416 e. The van der Waals surface area contributed by atoms with E-state index in [1.807, 2.05) is 42.5 Å². The number of para-hydroxylation sites is 1. The summed E-state index contributed by atoms with van der Waals surface area (Å²) < 4.78 is 44.8. The summed E-state index contributed by atoms with van der Waals surface area (Å²) >= 11 is 0. The molecular weight excluding hydrogens is 471 g/mol. The molecule has 1 N–H and O–H groups in total. The summed E-state index contributed by atoms with van der Waals surface area (Å²) in [5, 5.41) is 0. The average molecular weight is 493 g/mol. The van der Waals surface area contributed by atoms with E-state index >= 15 is 0 Å². The van der Waals surface area contributed by atoms with Crippen LogP contribution >= 0.6 is 0 Å². The average Bonchev–Trinajstić information content (AvgIpc) is 3.45. The summed E-state index contributed by atoms with van der Waals surface area (Å²) in [5.74, 6) is 1.24. The Labute approximate surface area is 204 Å². The summed E-state index contributed by atoms with van der Waals surface area (Å²) in [7, 11) is 0. The van der Waals surface area contributed by atoms with Gasteiger partial charge >= 0.3 is 12.3 Å². The largest absolute Gasteiger partial charge is 0.440 e. The van der Waals surface area contributed by atoms with Gasteiger partial charge < -0.3 is 14.6 Å². The van der Waals surface area contributed by atoms with Crippen molar-refractivity contribution in [2.75, 3.05) is 29.4 Å². The number of alkyl halides is 3. The van der Waals surface area contributed by atoms with Crippen molar-refractivity contribution >= 4 is 28.6 Å². The number of rotatable bonds is 3. The van der Waals surface area contributed by atoms with E-state index in [2.05, 4.69) is 19.9 Å². The second kappa shape index (κ2) is 8.25. The number of hydrogen-bond donors (Lipinski definition) is 1. The lowest BCUT2D eigenvalue weighted by atomic mass is 9.91. The molecule has 2 aliphatic heterocycles. The van der Waals surface area contributed by atoms with Crippen LogP contribution in [0.3, 0.4) is 0 Å². The number of nitrogens with one attached hydrogen (secondary N) is 1. The first-order valence-electron chi connectivity index (χ1n) is 11.6. The lowest BCUT2D eigenvalue weighted by Gasteiger charge is -2.38. The Morgan fingerprint density at radius 2 is 1.78 bits per heavy atom. The van der Waals surface area contributed by atoms with E-state index in [9.17, 15) is 18.0 Å². The lowest BCUT2D eigenvalue weighted by molar-refractivity contribution is -0.137. The number of amides is 1. The molecule has 7 nitrogen and oxygen atoms in total. The molecule has 2 saturated heterocycles. The van der Waals surface area contributed by atoms with Gasteiger partial charge in [0.2, 0.25) is 0 Å². The van der Waals surface area contributed by atoms with Crippen LogP contribution in [0, 0.1) is 0 Å². The van der Waals surface area contributed by atoms with Gasteiger partial charge in [0.1, 0.15) is 17.2 Å². The minimum absolute atomic E-state index is 0.315. The van der Waals surface area contributed by atoms with Crippen molar-refractivity contribution in [3.8, 4) is 11.4 Å². The first-order chi connectivity index (χ1) is 17.3. The molecule has 36 heavy (non-hydrogen) atoms. The highest BCUT2D eigenvalue weighted by atomic mass is 19.4. The standard InChI is InChI=1S/C26H22F3N5O2/c27-26(28,29)18-7-8-20-21(14-18)32-23(31-20)17-6-9-22(30-15-17)33-12-10-25(11-13-33)16-34(24(35)36-25)19-4-2-1-3-5-19/h1-9,14-15H,10-13,16H2,(H,31,32). The number of ether oxygens (including phenoxy) is 1. The SMILES string of the molecule is O=C1OC2(CCN(c3ccc(-c4nc5ccc(C(F)(F)F)cc5[nH]4)cn3)CC2)CN1c1ccccc1. The molecule has 10 heteroatoms. The fourth-order valence-electron chi connectivity index (χ4n) is 4.87. The Balaban J connectivity index is 1.14. The number of anilines is 2. The number of aromatic nitrogens is 3. The molecule has 0 atom stereocenters. The van der Waals surface area contributed by atoms with Crippen molar-refractivity contribution in [1.82, 2.24) is 15.0 Å². The smallest absolute Gasteiger partial charge is 0.416 e. The molecule has 0 aliphatic carbocycles. The third-order valence-corrected chi connectivity index (χ3v) is 6.87. The molecule has 0 radical (unpaired) electrons. The zero-order valence-electron chi connectivity index (χ0n) is 19.1. The van der Waals surface area contributed by atoms with E-state index in [1.54, 1.807) is 11.1 Å². The second-order valence-electron chi connectivity index (χ2n) is 9.18. The number of hydrogen-bond acceptors (Lipinski definition) is 5. The van der Waals surface area contributed by atoms with Gasteiger partial charge in [0.05, 0.1) is 23.1 Å². The fourth-order valence-corrected chi connectivity index (χ4v) is 4.87. The summed E-state index contributed by atoms with van der Waals surface area (Å²) in [6.07, 6.45) is -1.68. The number of pyridine rings is 1. The van der Waals surface area contributed by atoms with Crippen LogP contribution in [0.2, 0.25) is 0 Å². The normalized spacial score (nSPS) is 17.7. The maximum absolute atomic E-state index is 13.0. The highest BCUT2D eigenvalue weighted by Crippen LogP contribution is 2.37. The van der Waals surface area contributed by atoms with E-state index in [0.29, 0.717) is 54.9 Å². The monoisotopic (exact) mass is 493 g/mol. The van der Waals surface area contributed by atoms with Gasteiger partial charge in [-0.25, -0.2) is 14.8 Å². The zero-order chi connectivity index (χ0) is 24.9. The molecule has 2 aliphatic rings. The van der Waals surface area contributed by atoms with Gasteiger partial charge in [-0.3, -0.25) is 4.90 Å². The van der Waals surface area contributed by atoms with Crippen LogP contribution < -0.4 is 9.80 Å². The third-order valence-electron chi connectivity index (χ3n) is 6.87. The molecule has 2 fully saturated rings. The summed E-state index contributed by atoms with van der Waals surface area (Å²) in [5.41, 5.74) is 1.06. The molecule has 1 amide bonds. The molecule has 1 spiro atoms. The number of carbonyl (C=O) groups excluding carboxylic acids is 1. The zero-order valence-corrected chi connectivity index (χ0v) is 19.1. The Bertz CT molecular complexity index is 1410. The number of aromatic amines is 1. The van der Waals surface area contributed by atoms with Gasteiger partial charge in [0.15, 0.2) is 0 Å². The maximum atomic E-state index is 13.0. The van der Waals surface area contributed by atoms with Gasteiger partial charge in [-0.2, -0.15) is 13.2 Å². The van der Waals surface area contributed by atoms with Crippen molar-refractivity contribution < 1.29 is 22.7 Å². The summed E-state index contributed by atoms with van der Waals surface area (Å²) in [6.45, 7) is 1.90. The molecule has 0 bridgehead atoms. The number of carbonyl (C=O) groups is 1. The highest BCUT2D eigenvalue weighted by Gasteiger charge is 2.47. The van der Waals surface area contributed by atoms with E-state index in [1.165, 1.54) is 6.07 Å². The molecule has 4 aromatic rings. The first kappa shape index (κ1) is 22.4. The van der Waals surface area contributed by atoms with E-state index < -0.39 is 17.3 Å². The van der Waals surface area contributed by atoms with Crippen molar-refractivity contribution in [2.45, 2.75) is 24.6 Å². The number of nitrogens with zero attached hydrogens (tertiary/aromatic N) is 4. The quantitative estimate of drug-likeness (QED) is 0.400. The number of H-pyrrole nitrogens is 1. The summed E-state index contributed by atoms with van der Waals surface area (Å²) in [6, 6.07) is 16.7. The molecule has 2 aromatic heterocycles. The molecule has 2 aromatic carbocycles. The molecular formula is C26H22F3N5O2. The summed E-state index contributed by atoms with van der Waals surface area (Å²) in [4.78, 5) is 28.3. The number of halogens is 3. The highest BCUT2D eigenvalue weighted by molar-refractivity contribution is 5.90. The number of fused-ring (bicyclic) bond motifs is 1. The van der Waals surface area contributed by atoms with Gasteiger partial charge in [-0.1, -0.05) is 18.2 Å². The molecule has 184 valence electrons. The van der Waals surface area contributed by atoms with Crippen LogP contribution in [0.5, 0.6) is 0 Å². The van der Waals surface area contributed by atoms with Crippen LogP contribution in [0.25, 0.3) is 22.4 Å². The van der Waals surface area contributed by atoms with Crippen LogP contribution in [0.15, 0.2) is 66.9 Å². The Kier molecular flexibility index (Phi) is 5.13. The van der Waals surface area contributed by atoms with E-state index in [4.69, 9.17) is 4.74 Å². The fraction of sp³-hybridized carbons (Fsp3) is 0.269. The lowest BCUT2D eigenvalue weighted by Crippen LogP contribution is -2.47. The molecule has 0 unspecified atom stereocenters. The van der Waals surface area contributed by atoms with E-state index in [-0.39, 0.29) is 6.09 Å². The van der Waals surface area contributed by atoms with Crippen molar-refractivity contribution in [2.24, 2.45) is 0 Å². The predicted octanol–water partition coefficient (Wildman–Crippen LogP) is 5.64. The number of imidazole rings is 1. The van der Waals surface area contributed by atoms with Crippen LogP contribution in [-0.4, -0.2) is 46.3 Å². The Morgan fingerprint density at radius 1 is 1.00 bits per heavy atom.